The SMILES string of the molecule is Cc1cc(C(=O)OC2COC(COC(=O)c3cc(O)c(O)c(O)c3)C(OC(=O)c3cc(O)c(O)c(O)c3)C2O)cc(O)c1O. The third-order valence-electron chi connectivity index (χ3n) is 6.57. The van der Waals surface area contributed by atoms with Gasteiger partial charge in [-0.1, -0.05) is 0 Å². The Balaban J connectivity index is 1.56. The molecule has 0 aliphatic carbocycles. The molecule has 16 nitrogen and oxygen atoms in total. The van der Waals surface area contributed by atoms with Crippen LogP contribution in [0.4, 0.5) is 0 Å². The molecule has 1 heterocycles. The summed E-state index contributed by atoms with van der Waals surface area (Å²) in [7, 11) is 0. The van der Waals surface area contributed by atoms with Crippen molar-refractivity contribution in [3.05, 3.63) is 58.7 Å². The van der Waals surface area contributed by atoms with Crippen molar-refractivity contribution in [1.29, 1.82) is 0 Å². The van der Waals surface area contributed by atoms with Crippen molar-refractivity contribution in [2.75, 3.05) is 13.2 Å². The van der Waals surface area contributed by atoms with Gasteiger partial charge in [-0.25, -0.2) is 14.4 Å². The molecule has 9 N–H and O–H groups in total. The van der Waals surface area contributed by atoms with E-state index in [0.717, 1.165) is 30.3 Å². The number of rotatable bonds is 7. The van der Waals surface area contributed by atoms with Crippen LogP contribution in [-0.2, 0) is 18.9 Å². The summed E-state index contributed by atoms with van der Waals surface area (Å²) in [6.07, 6.45) is -6.51. The Kier molecular flexibility index (Phi) is 8.77. The topological polar surface area (TPSA) is 270 Å². The van der Waals surface area contributed by atoms with Gasteiger partial charge in [0.15, 0.2) is 58.2 Å². The van der Waals surface area contributed by atoms with Gasteiger partial charge in [0.2, 0.25) is 0 Å². The third-order valence-corrected chi connectivity index (χ3v) is 6.57. The maximum atomic E-state index is 12.9. The van der Waals surface area contributed by atoms with E-state index < -0.39 is 113 Å². The van der Waals surface area contributed by atoms with Gasteiger partial charge in [0.05, 0.1) is 23.3 Å². The van der Waals surface area contributed by atoms with Gasteiger partial charge in [-0.15, -0.1) is 0 Å². The van der Waals surface area contributed by atoms with Gasteiger partial charge in [-0.2, -0.15) is 0 Å². The summed E-state index contributed by atoms with van der Waals surface area (Å²) >= 11 is 0. The standard InChI is InChI=1S/C28H26O16/c1-10-2-11(3-14(29)21(10)34)27(39)43-19-8-41-20(9-42-26(38)12-4-15(30)22(35)16(31)5-12)25(24(19)37)44-28(40)13-6-17(32)23(36)18(33)7-13/h2-7,19-20,24-25,29-37H,8-9H2,1H3. The van der Waals surface area contributed by atoms with Gasteiger partial charge in [-0.05, 0) is 48.9 Å². The van der Waals surface area contributed by atoms with Crippen LogP contribution in [0.3, 0.4) is 0 Å². The average Bonchev–Trinajstić information content (AvgIpc) is 2.97. The fourth-order valence-electron chi connectivity index (χ4n) is 4.20. The zero-order valence-corrected chi connectivity index (χ0v) is 22.6. The number of carbonyl (C=O) groups excluding carboxylic acids is 3. The quantitative estimate of drug-likeness (QED) is 0.101. The van der Waals surface area contributed by atoms with E-state index in [1.54, 1.807) is 0 Å². The molecule has 0 bridgehead atoms. The molecule has 1 fully saturated rings. The third kappa shape index (κ3) is 6.40. The number of carbonyl (C=O) groups is 3. The van der Waals surface area contributed by atoms with Crippen LogP contribution in [0.5, 0.6) is 46.0 Å². The number of hydrogen-bond donors (Lipinski definition) is 9. The molecule has 4 rings (SSSR count). The largest absolute Gasteiger partial charge is 0.504 e. The number of phenols is 8. The number of hydrogen-bond acceptors (Lipinski definition) is 16. The Labute approximate surface area is 246 Å². The van der Waals surface area contributed by atoms with Gasteiger partial charge in [0.25, 0.3) is 0 Å². The van der Waals surface area contributed by atoms with Crippen LogP contribution in [0.1, 0.15) is 36.6 Å². The number of phenolic OH excluding ortho intramolecular Hbond substituents is 8. The zero-order chi connectivity index (χ0) is 32.5. The average molecular weight is 619 g/mol. The Morgan fingerprint density at radius 2 is 1.11 bits per heavy atom. The highest BCUT2D eigenvalue weighted by Gasteiger charge is 2.45. The summed E-state index contributed by atoms with van der Waals surface area (Å²) in [5, 5.41) is 88.6. The number of benzene rings is 3. The summed E-state index contributed by atoms with van der Waals surface area (Å²) in [6.45, 7) is 0.174. The van der Waals surface area contributed by atoms with Crippen LogP contribution >= 0.6 is 0 Å². The first kappa shape index (κ1) is 31.3. The maximum Gasteiger partial charge on any atom is 0.338 e. The summed E-state index contributed by atoms with van der Waals surface area (Å²) in [5.74, 6) is -9.72. The summed E-state index contributed by atoms with van der Waals surface area (Å²) < 4.78 is 21.3. The van der Waals surface area contributed by atoms with E-state index in [1.807, 2.05) is 0 Å². The van der Waals surface area contributed by atoms with E-state index in [0.29, 0.717) is 0 Å². The van der Waals surface area contributed by atoms with Gasteiger partial charge < -0.3 is 64.9 Å². The lowest BCUT2D eigenvalue weighted by Gasteiger charge is -2.38. The number of aromatic hydroxyl groups is 8. The van der Waals surface area contributed by atoms with E-state index in [-0.39, 0.29) is 11.1 Å². The summed E-state index contributed by atoms with van der Waals surface area (Å²) in [5.41, 5.74) is -0.936. The zero-order valence-electron chi connectivity index (χ0n) is 22.6. The number of esters is 3. The minimum atomic E-state index is -1.84. The fraction of sp³-hybridized carbons (Fsp3) is 0.250. The molecular formula is C28H26O16. The van der Waals surface area contributed by atoms with Gasteiger partial charge >= 0.3 is 17.9 Å². The van der Waals surface area contributed by atoms with Crippen LogP contribution in [0.2, 0.25) is 0 Å². The van der Waals surface area contributed by atoms with Crippen molar-refractivity contribution in [2.45, 2.75) is 31.3 Å². The minimum Gasteiger partial charge on any atom is -0.504 e. The lowest BCUT2D eigenvalue weighted by Crippen LogP contribution is -2.57. The molecule has 3 aromatic carbocycles. The summed E-state index contributed by atoms with van der Waals surface area (Å²) in [4.78, 5) is 38.2. The predicted molar refractivity (Wildman–Crippen MR) is 142 cm³/mol. The Bertz CT molecular complexity index is 1540. The lowest BCUT2D eigenvalue weighted by molar-refractivity contribution is -0.196. The minimum absolute atomic E-state index is 0.141. The fourth-order valence-corrected chi connectivity index (χ4v) is 4.20. The van der Waals surface area contributed by atoms with Crippen molar-refractivity contribution in [3.8, 4) is 46.0 Å². The van der Waals surface area contributed by atoms with E-state index >= 15 is 0 Å². The van der Waals surface area contributed by atoms with Gasteiger partial charge in [0.1, 0.15) is 18.8 Å². The number of aliphatic hydroxyl groups is 1. The molecule has 44 heavy (non-hydrogen) atoms. The Morgan fingerprint density at radius 3 is 1.61 bits per heavy atom. The van der Waals surface area contributed by atoms with Crippen LogP contribution in [0.15, 0.2) is 36.4 Å². The first-order chi connectivity index (χ1) is 20.7. The molecule has 234 valence electrons. The van der Waals surface area contributed by atoms with Gasteiger partial charge in [0, 0.05) is 0 Å². The highest BCUT2D eigenvalue weighted by Crippen LogP contribution is 2.37. The highest BCUT2D eigenvalue weighted by molar-refractivity contribution is 5.92. The highest BCUT2D eigenvalue weighted by atomic mass is 16.6. The van der Waals surface area contributed by atoms with Crippen LogP contribution < -0.4 is 0 Å². The molecule has 1 aliphatic heterocycles. The van der Waals surface area contributed by atoms with E-state index in [9.17, 15) is 60.3 Å². The normalized spacial score (nSPS) is 19.6. The maximum absolute atomic E-state index is 12.9. The molecule has 0 amide bonds. The van der Waals surface area contributed by atoms with Crippen LogP contribution in [0.25, 0.3) is 0 Å². The Hall–Kier alpha value is -5.61. The second-order valence-corrected chi connectivity index (χ2v) is 9.66. The van der Waals surface area contributed by atoms with E-state index in [2.05, 4.69) is 0 Å². The Morgan fingerprint density at radius 1 is 0.682 bits per heavy atom. The van der Waals surface area contributed by atoms with Crippen LogP contribution in [-0.4, -0.2) is 101 Å². The molecule has 3 aromatic rings. The molecule has 0 saturated carbocycles. The molecule has 1 aliphatic rings. The smallest absolute Gasteiger partial charge is 0.338 e. The molecular weight excluding hydrogens is 592 g/mol. The number of aliphatic hydroxyl groups excluding tert-OH is 1. The second-order valence-electron chi connectivity index (χ2n) is 9.66. The number of ether oxygens (including phenoxy) is 4. The predicted octanol–water partition coefficient (Wildman–Crippen LogP) is 1.01. The second kappa shape index (κ2) is 12.3. The molecule has 0 spiro atoms. The molecule has 0 aromatic heterocycles. The molecule has 0 radical (unpaired) electrons. The van der Waals surface area contributed by atoms with Crippen molar-refractivity contribution >= 4 is 17.9 Å². The first-order valence-corrected chi connectivity index (χ1v) is 12.6. The molecule has 16 heteroatoms. The monoisotopic (exact) mass is 618 g/mol. The van der Waals surface area contributed by atoms with Crippen LogP contribution in [0, 0.1) is 6.92 Å². The van der Waals surface area contributed by atoms with E-state index in [1.165, 1.54) is 13.0 Å². The first-order valence-electron chi connectivity index (χ1n) is 12.6. The summed E-state index contributed by atoms with van der Waals surface area (Å²) in [6, 6.07) is 5.23. The van der Waals surface area contributed by atoms with E-state index in [4.69, 9.17) is 18.9 Å². The van der Waals surface area contributed by atoms with Gasteiger partial charge in [-0.3, -0.25) is 0 Å². The molecule has 4 unspecified atom stereocenters. The van der Waals surface area contributed by atoms with Crippen molar-refractivity contribution < 1.29 is 79.3 Å². The van der Waals surface area contributed by atoms with Crippen molar-refractivity contribution in [2.24, 2.45) is 0 Å². The lowest BCUT2D eigenvalue weighted by atomic mass is 9.99. The van der Waals surface area contributed by atoms with Crippen molar-refractivity contribution in [1.82, 2.24) is 0 Å². The number of aryl methyl sites for hydroxylation is 1. The van der Waals surface area contributed by atoms with Crippen molar-refractivity contribution in [3.63, 3.8) is 0 Å². The molecule has 4 atom stereocenters. The molecule has 1 saturated heterocycles.